The summed E-state index contributed by atoms with van der Waals surface area (Å²) < 4.78 is 135. The fourth-order valence-corrected chi connectivity index (χ4v) is 4.64. The van der Waals surface area contributed by atoms with E-state index in [1.54, 1.807) is 0 Å². The van der Waals surface area contributed by atoms with Crippen LogP contribution in [0.4, 0.5) is 39.5 Å². The first-order valence-corrected chi connectivity index (χ1v) is 10.7. The third-order valence-electron chi connectivity index (χ3n) is 3.54. The third-order valence-corrected chi connectivity index (χ3v) is 6.85. The number of alkyl halides is 9. The summed E-state index contributed by atoms with van der Waals surface area (Å²) in [6, 6.07) is 0. The Balaban J connectivity index is 0.000000567. The second kappa shape index (κ2) is 8.98. The van der Waals surface area contributed by atoms with Crippen molar-refractivity contribution in [2.75, 3.05) is 17.3 Å². The van der Waals surface area contributed by atoms with Crippen molar-refractivity contribution in [1.82, 2.24) is 0 Å². The van der Waals surface area contributed by atoms with Gasteiger partial charge >= 0.3 is 23.3 Å². The molecular formula is C13H17F9O4S2. The molecule has 1 aliphatic heterocycles. The number of carbonyl (C=O) groups excluding carboxylic acids is 1. The van der Waals surface area contributed by atoms with Gasteiger partial charge in [-0.25, -0.2) is 8.42 Å². The van der Waals surface area contributed by atoms with Crippen LogP contribution in [-0.4, -0.2) is 59.3 Å². The van der Waals surface area contributed by atoms with Crippen LogP contribution in [-0.2, 0) is 25.8 Å². The summed E-state index contributed by atoms with van der Waals surface area (Å²) in [5.74, 6) is -10.6. The van der Waals surface area contributed by atoms with Crippen molar-refractivity contribution >= 4 is 26.8 Å². The second-order valence-corrected chi connectivity index (χ2v) is 9.86. The molecule has 0 aliphatic carbocycles. The first kappa shape index (κ1) is 27.3. The molecule has 0 bridgehead atoms. The van der Waals surface area contributed by atoms with E-state index in [0.717, 1.165) is 5.75 Å². The molecule has 0 radical (unpaired) electrons. The third kappa shape index (κ3) is 5.90. The first-order valence-electron chi connectivity index (χ1n) is 7.52. The van der Waals surface area contributed by atoms with Crippen LogP contribution in [0.1, 0.15) is 26.7 Å². The zero-order chi connectivity index (χ0) is 22.8. The highest BCUT2D eigenvalue weighted by atomic mass is 32.2. The molecule has 1 rings (SSSR count). The van der Waals surface area contributed by atoms with Crippen molar-refractivity contribution in [1.29, 1.82) is 0 Å². The Morgan fingerprint density at radius 3 is 1.61 bits per heavy atom. The predicted octanol–water partition coefficient (Wildman–Crippen LogP) is 3.58. The average molecular weight is 472 g/mol. The van der Waals surface area contributed by atoms with Crippen LogP contribution < -0.4 is 0 Å². The lowest BCUT2D eigenvalue weighted by atomic mass is 10.1. The molecule has 4 nitrogen and oxygen atoms in total. The Kier molecular flexibility index (Phi) is 8.75. The molecule has 0 unspecified atom stereocenters. The molecule has 0 saturated carbocycles. The van der Waals surface area contributed by atoms with Gasteiger partial charge in [0.25, 0.3) is 0 Å². The van der Waals surface area contributed by atoms with Gasteiger partial charge in [0.1, 0.15) is 11.5 Å². The predicted molar refractivity (Wildman–Crippen MR) is 81.6 cm³/mol. The second-order valence-electron chi connectivity index (χ2n) is 6.11. The molecule has 0 aromatic rings. The molecule has 0 aromatic carbocycles. The maximum absolute atomic E-state index is 12.2. The Labute approximate surface area is 157 Å². The van der Waals surface area contributed by atoms with Crippen LogP contribution in [0.25, 0.3) is 0 Å². The lowest BCUT2D eigenvalue weighted by Gasteiger charge is -2.34. The number of halogens is 9. The summed E-state index contributed by atoms with van der Waals surface area (Å²) in [7, 11) is -6.94. The monoisotopic (exact) mass is 472 g/mol. The van der Waals surface area contributed by atoms with Gasteiger partial charge in [-0.2, -0.15) is 39.5 Å². The van der Waals surface area contributed by atoms with E-state index in [0.29, 0.717) is 16.7 Å². The van der Waals surface area contributed by atoms with E-state index in [2.05, 4.69) is 0 Å². The number of hydrogen-bond acceptors (Lipinski definition) is 4. The quantitative estimate of drug-likeness (QED) is 0.337. The standard InChI is InChI=1S/C9H17OS.C4HF9O3S/c1-8(2)9(10)7-11-5-3-4-6-11;5-1(6,3(9,10)11)2(7,8)4(12,13)17(14,15)16/h8H,3-7H2,1-2H3;(H,14,15,16)/q+1;/p-1. The summed E-state index contributed by atoms with van der Waals surface area (Å²) in [5.41, 5.74) is 0. The molecule has 0 N–H and O–H groups in total. The molecule has 28 heavy (non-hydrogen) atoms. The van der Waals surface area contributed by atoms with Crippen molar-refractivity contribution in [3.05, 3.63) is 0 Å². The summed E-state index contributed by atoms with van der Waals surface area (Å²) in [4.78, 5) is 11.3. The Morgan fingerprint density at radius 1 is 0.929 bits per heavy atom. The number of Topliss-reactive ketones (excluding diaryl/α,β-unsaturated/α-hetero) is 1. The van der Waals surface area contributed by atoms with Gasteiger partial charge in [0, 0.05) is 5.92 Å². The van der Waals surface area contributed by atoms with Crippen LogP contribution in [0, 0.1) is 5.92 Å². The lowest BCUT2D eigenvalue weighted by molar-refractivity contribution is -0.382. The molecule has 0 atom stereocenters. The molecule has 1 fully saturated rings. The van der Waals surface area contributed by atoms with Gasteiger partial charge in [-0.05, 0) is 23.7 Å². The maximum atomic E-state index is 12.2. The van der Waals surface area contributed by atoms with Gasteiger partial charge in [0.05, 0.1) is 0 Å². The van der Waals surface area contributed by atoms with Gasteiger partial charge in [0.2, 0.25) is 0 Å². The fraction of sp³-hybridized carbons (Fsp3) is 0.923. The van der Waals surface area contributed by atoms with Gasteiger partial charge in [-0.3, -0.25) is 4.79 Å². The highest BCUT2D eigenvalue weighted by Crippen LogP contribution is 2.54. The summed E-state index contributed by atoms with van der Waals surface area (Å²) in [6.07, 6.45) is -4.45. The van der Waals surface area contributed by atoms with E-state index >= 15 is 0 Å². The smallest absolute Gasteiger partial charge is 0.460 e. The molecule has 168 valence electrons. The molecule has 0 aromatic heterocycles. The molecule has 1 heterocycles. The minimum Gasteiger partial charge on any atom is -0.743 e. The minimum absolute atomic E-state index is 0.253. The van der Waals surface area contributed by atoms with Crippen molar-refractivity contribution in [2.24, 2.45) is 5.92 Å². The summed E-state index contributed by atoms with van der Waals surface area (Å²) in [5, 5.41) is -7.11. The minimum atomic E-state index is -7.43. The van der Waals surface area contributed by atoms with Crippen molar-refractivity contribution in [3.63, 3.8) is 0 Å². The highest BCUT2D eigenvalue weighted by molar-refractivity contribution is 7.97. The highest BCUT2D eigenvalue weighted by Gasteiger charge is 2.83. The van der Waals surface area contributed by atoms with Crippen LogP contribution in [0.5, 0.6) is 0 Å². The molecule has 0 spiro atoms. The largest absolute Gasteiger partial charge is 0.743 e. The Morgan fingerprint density at radius 2 is 1.32 bits per heavy atom. The zero-order valence-electron chi connectivity index (χ0n) is 14.5. The SMILES string of the molecule is CC(C)C(=O)C[S+]1CCCC1.O=S(=O)([O-])C(F)(F)C(F)(F)C(F)(F)C(F)(F)F. The zero-order valence-corrected chi connectivity index (χ0v) is 16.1. The van der Waals surface area contributed by atoms with Crippen molar-refractivity contribution in [3.8, 4) is 0 Å². The fourth-order valence-electron chi connectivity index (χ4n) is 1.74. The van der Waals surface area contributed by atoms with Crippen LogP contribution in [0.2, 0.25) is 0 Å². The van der Waals surface area contributed by atoms with Crippen LogP contribution in [0.15, 0.2) is 0 Å². The van der Waals surface area contributed by atoms with E-state index in [1.807, 2.05) is 13.8 Å². The molecule has 0 amide bonds. The van der Waals surface area contributed by atoms with E-state index < -0.39 is 33.4 Å². The van der Waals surface area contributed by atoms with Crippen LogP contribution >= 0.6 is 0 Å². The Hall–Kier alpha value is -0.700. The molecule has 15 heteroatoms. The van der Waals surface area contributed by atoms with Crippen LogP contribution in [0.3, 0.4) is 0 Å². The van der Waals surface area contributed by atoms with E-state index in [9.17, 15) is 57.3 Å². The lowest BCUT2D eigenvalue weighted by Crippen LogP contribution is -2.63. The van der Waals surface area contributed by atoms with Gasteiger partial charge in [-0.1, -0.05) is 13.8 Å². The van der Waals surface area contributed by atoms with E-state index in [1.165, 1.54) is 24.3 Å². The number of hydrogen-bond donors (Lipinski definition) is 0. The first-order chi connectivity index (χ1) is 12.2. The molecular weight excluding hydrogens is 455 g/mol. The topological polar surface area (TPSA) is 74.3 Å². The summed E-state index contributed by atoms with van der Waals surface area (Å²) in [6.45, 7) is 4.00. The van der Waals surface area contributed by atoms with Crippen molar-refractivity contribution < 1.29 is 57.3 Å². The van der Waals surface area contributed by atoms with E-state index in [-0.39, 0.29) is 5.92 Å². The number of carbonyl (C=O) groups is 1. The Bertz CT molecular complexity index is 639. The van der Waals surface area contributed by atoms with Crippen molar-refractivity contribution in [2.45, 2.75) is 50.0 Å². The van der Waals surface area contributed by atoms with E-state index in [4.69, 9.17) is 0 Å². The maximum Gasteiger partial charge on any atom is 0.460 e. The summed E-state index contributed by atoms with van der Waals surface area (Å²) >= 11 is 0. The van der Waals surface area contributed by atoms with Gasteiger partial charge in [-0.15, -0.1) is 0 Å². The molecule has 1 saturated heterocycles. The van der Waals surface area contributed by atoms with Gasteiger partial charge < -0.3 is 4.55 Å². The average Bonchev–Trinajstić information content (AvgIpc) is 2.97. The molecule has 1 aliphatic rings. The van der Waals surface area contributed by atoms with Gasteiger partial charge in [0.15, 0.2) is 21.7 Å². The number of rotatable bonds is 6. The number of ketones is 1. The normalized spacial score (nSPS) is 17.5.